The molecule has 6 N–H and O–H groups in total. The molecule has 0 aliphatic heterocycles. The topological polar surface area (TPSA) is 102 Å². The minimum atomic E-state index is -0.897. The van der Waals surface area contributed by atoms with Gasteiger partial charge in [0.05, 0.1) is 0 Å². The molecule has 6 nitrogen and oxygen atoms in total. The molecule has 0 unspecified atom stereocenters. The highest BCUT2D eigenvalue weighted by atomic mass is 19.2. The van der Waals surface area contributed by atoms with Crippen molar-refractivity contribution in [3.05, 3.63) is 41.5 Å². The fourth-order valence-corrected chi connectivity index (χ4v) is 1.47. The molecule has 0 spiro atoms. The minimum Gasteiger partial charge on any atom is -0.368 e. The van der Waals surface area contributed by atoms with Gasteiger partial charge < -0.3 is 16.5 Å². The van der Waals surface area contributed by atoms with Crippen LogP contribution in [0.3, 0.4) is 0 Å². The van der Waals surface area contributed by atoms with Crippen molar-refractivity contribution in [2.24, 2.45) is 5.84 Å². The largest absolute Gasteiger partial charge is 0.368 e. The molecule has 1 aromatic heterocycles. The van der Waals surface area contributed by atoms with Crippen molar-refractivity contribution in [3.8, 4) is 0 Å². The first-order valence-corrected chi connectivity index (χ1v) is 5.37. The molecule has 1 heterocycles. The van der Waals surface area contributed by atoms with Gasteiger partial charge in [0, 0.05) is 12.6 Å². The molecule has 8 heteroatoms. The van der Waals surface area contributed by atoms with E-state index in [1.54, 1.807) is 0 Å². The molecule has 0 aliphatic carbocycles. The number of nitrogens with one attached hydrogen (secondary N) is 2. The Balaban J connectivity index is 2.09. The maximum atomic E-state index is 13.0. The van der Waals surface area contributed by atoms with Crippen molar-refractivity contribution in [2.45, 2.75) is 6.54 Å². The second kappa shape index (κ2) is 5.44. The summed E-state index contributed by atoms with van der Waals surface area (Å²) in [5.41, 5.74) is 8.39. The molecule has 0 bridgehead atoms. The summed E-state index contributed by atoms with van der Waals surface area (Å²) in [7, 11) is 0. The third-order valence-corrected chi connectivity index (χ3v) is 2.35. The van der Waals surface area contributed by atoms with Gasteiger partial charge in [-0.1, -0.05) is 6.07 Å². The van der Waals surface area contributed by atoms with Crippen LogP contribution in [0.2, 0.25) is 0 Å². The number of hydrogen-bond acceptors (Lipinski definition) is 6. The smallest absolute Gasteiger partial charge is 0.223 e. The first-order chi connectivity index (χ1) is 9.08. The van der Waals surface area contributed by atoms with Crippen LogP contribution < -0.4 is 22.3 Å². The minimum absolute atomic E-state index is 0.0447. The Morgan fingerprint density at radius 2 is 1.79 bits per heavy atom. The number of hydrogen-bond donors (Lipinski definition) is 4. The van der Waals surface area contributed by atoms with Crippen LogP contribution in [0.1, 0.15) is 5.56 Å². The van der Waals surface area contributed by atoms with Crippen molar-refractivity contribution < 1.29 is 8.78 Å². The zero-order valence-corrected chi connectivity index (χ0v) is 9.82. The van der Waals surface area contributed by atoms with Gasteiger partial charge in [0.2, 0.25) is 5.95 Å². The van der Waals surface area contributed by atoms with Crippen LogP contribution in [0.4, 0.5) is 26.4 Å². The molecule has 1 aromatic carbocycles. The highest BCUT2D eigenvalue weighted by Crippen LogP contribution is 2.14. The van der Waals surface area contributed by atoms with Gasteiger partial charge in [0.1, 0.15) is 11.6 Å². The number of rotatable bonds is 4. The highest BCUT2D eigenvalue weighted by molar-refractivity contribution is 5.50. The van der Waals surface area contributed by atoms with Gasteiger partial charge in [-0.3, -0.25) is 0 Å². The second-order valence-corrected chi connectivity index (χ2v) is 3.74. The summed E-state index contributed by atoms with van der Waals surface area (Å²) >= 11 is 0. The van der Waals surface area contributed by atoms with Crippen molar-refractivity contribution in [1.82, 2.24) is 9.97 Å². The van der Waals surface area contributed by atoms with E-state index in [-0.39, 0.29) is 12.5 Å². The first-order valence-electron chi connectivity index (χ1n) is 5.37. The first kappa shape index (κ1) is 13.0. The van der Waals surface area contributed by atoms with Crippen molar-refractivity contribution in [2.75, 3.05) is 16.5 Å². The number of nitrogen functional groups attached to an aromatic ring is 2. The van der Waals surface area contributed by atoms with E-state index in [0.29, 0.717) is 17.2 Å². The number of benzene rings is 1. The molecule has 19 heavy (non-hydrogen) atoms. The third-order valence-electron chi connectivity index (χ3n) is 2.35. The highest BCUT2D eigenvalue weighted by Gasteiger charge is 2.04. The average molecular weight is 266 g/mol. The maximum absolute atomic E-state index is 13.0. The fourth-order valence-electron chi connectivity index (χ4n) is 1.47. The van der Waals surface area contributed by atoms with Gasteiger partial charge >= 0.3 is 0 Å². The Morgan fingerprint density at radius 1 is 1.05 bits per heavy atom. The van der Waals surface area contributed by atoms with Gasteiger partial charge in [-0.2, -0.15) is 9.97 Å². The summed E-state index contributed by atoms with van der Waals surface area (Å²) in [5.74, 6) is 4.25. The molecule has 2 aromatic rings. The van der Waals surface area contributed by atoms with Crippen LogP contribution in [0.5, 0.6) is 0 Å². The number of aromatic nitrogens is 2. The van der Waals surface area contributed by atoms with Crippen LogP contribution in [-0.2, 0) is 6.54 Å². The van der Waals surface area contributed by atoms with Crippen LogP contribution in [0, 0.1) is 11.6 Å². The quantitative estimate of drug-likeness (QED) is 0.490. The number of nitrogens with zero attached hydrogens (tertiary/aromatic N) is 2. The summed E-state index contributed by atoms with van der Waals surface area (Å²) in [5, 5.41) is 2.91. The Kier molecular flexibility index (Phi) is 3.71. The van der Waals surface area contributed by atoms with Gasteiger partial charge in [-0.25, -0.2) is 14.6 Å². The summed E-state index contributed by atoms with van der Waals surface area (Å²) < 4.78 is 25.8. The van der Waals surface area contributed by atoms with E-state index in [1.165, 1.54) is 12.1 Å². The van der Waals surface area contributed by atoms with Crippen LogP contribution in [0.25, 0.3) is 0 Å². The number of halogens is 2. The van der Waals surface area contributed by atoms with E-state index in [4.69, 9.17) is 11.6 Å². The van der Waals surface area contributed by atoms with E-state index in [2.05, 4.69) is 20.7 Å². The summed E-state index contributed by atoms with van der Waals surface area (Å²) in [6, 6.07) is 5.18. The predicted molar refractivity (Wildman–Crippen MR) is 67.9 cm³/mol. The van der Waals surface area contributed by atoms with Gasteiger partial charge in [-0.05, 0) is 17.7 Å². The molecule has 0 radical (unpaired) electrons. The average Bonchev–Trinajstić information content (AvgIpc) is 2.39. The zero-order chi connectivity index (χ0) is 13.8. The number of nitrogens with two attached hydrogens (primary N) is 2. The van der Waals surface area contributed by atoms with E-state index < -0.39 is 11.6 Å². The molecule has 0 amide bonds. The SMILES string of the molecule is NNc1cc(NCc2ccc(F)c(F)c2)nc(N)n1. The summed E-state index contributed by atoms with van der Waals surface area (Å²) in [6.07, 6.45) is 0. The number of anilines is 3. The fraction of sp³-hybridized carbons (Fsp3) is 0.0909. The Bertz CT molecular complexity index is 589. The Morgan fingerprint density at radius 3 is 2.47 bits per heavy atom. The van der Waals surface area contributed by atoms with E-state index in [1.807, 2.05) is 0 Å². The Labute approximate surface area is 107 Å². The lowest BCUT2D eigenvalue weighted by Crippen LogP contribution is -2.12. The molecule has 0 aliphatic rings. The molecule has 0 saturated carbocycles. The van der Waals surface area contributed by atoms with E-state index in [9.17, 15) is 8.78 Å². The van der Waals surface area contributed by atoms with Crippen LogP contribution in [-0.4, -0.2) is 9.97 Å². The standard InChI is InChI=1S/C11H12F2N6/c12-7-2-1-6(3-8(7)13)5-16-9-4-10(19-15)18-11(14)17-9/h1-4H,5,15H2,(H4,14,16,17,18,19). The maximum Gasteiger partial charge on any atom is 0.223 e. The predicted octanol–water partition coefficient (Wildman–Crippen LogP) is 1.23. The van der Waals surface area contributed by atoms with Crippen LogP contribution >= 0.6 is 0 Å². The molecule has 0 fully saturated rings. The molecule has 100 valence electrons. The molecular weight excluding hydrogens is 254 g/mol. The normalized spacial score (nSPS) is 10.3. The lowest BCUT2D eigenvalue weighted by molar-refractivity contribution is 0.507. The lowest BCUT2D eigenvalue weighted by atomic mass is 10.2. The van der Waals surface area contributed by atoms with Crippen molar-refractivity contribution >= 4 is 17.6 Å². The van der Waals surface area contributed by atoms with Crippen LogP contribution in [0.15, 0.2) is 24.3 Å². The van der Waals surface area contributed by atoms with Gasteiger partial charge in [0.15, 0.2) is 11.6 Å². The lowest BCUT2D eigenvalue weighted by Gasteiger charge is -2.08. The molecular formula is C11H12F2N6. The van der Waals surface area contributed by atoms with Gasteiger partial charge in [0.25, 0.3) is 0 Å². The van der Waals surface area contributed by atoms with Crippen molar-refractivity contribution in [1.29, 1.82) is 0 Å². The Hall–Kier alpha value is -2.48. The monoisotopic (exact) mass is 266 g/mol. The van der Waals surface area contributed by atoms with Crippen molar-refractivity contribution in [3.63, 3.8) is 0 Å². The van der Waals surface area contributed by atoms with E-state index in [0.717, 1.165) is 12.1 Å². The van der Waals surface area contributed by atoms with E-state index >= 15 is 0 Å². The third kappa shape index (κ3) is 3.26. The molecule has 2 rings (SSSR count). The molecule has 0 saturated heterocycles. The zero-order valence-electron chi connectivity index (χ0n) is 9.82. The summed E-state index contributed by atoms with van der Waals surface area (Å²) in [4.78, 5) is 7.74. The van der Waals surface area contributed by atoms with Gasteiger partial charge in [-0.15, -0.1) is 0 Å². The summed E-state index contributed by atoms with van der Waals surface area (Å²) in [6.45, 7) is 0.262. The molecule has 0 atom stereocenters. The second-order valence-electron chi connectivity index (χ2n) is 3.74. The number of hydrazine groups is 1.